The van der Waals surface area contributed by atoms with Crippen LogP contribution in [0.4, 0.5) is 0 Å². The van der Waals surface area contributed by atoms with E-state index >= 15 is 0 Å². The van der Waals surface area contributed by atoms with E-state index in [2.05, 4.69) is 0 Å². The average Bonchev–Trinajstić information content (AvgIpc) is 2.41. The third-order valence-corrected chi connectivity index (χ3v) is 2.43. The highest BCUT2D eigenvalue weighted by molar-refractivity contribution is 5.35. The molecule has 0 saturated heterocycles. The molecule has 0 bridgehead atoms. The second-order valence-electron chi connectivity index (χ2n) is 3.14. The molecule has 1 atom stereocenters. The van der Waals surface area contributed by atoms with Crippen molar-refractivity contribution in [2.45, 2.75) is 25.9 Å². The smallest absolute Gasteiger partial charge is 0.338 e. The van der Waals surface area contributed by atoms with Crippen molar-refractivity contribution in [1.29, 1.82) is 0 Å². The van der Waals surface area contributed by atoms with Crippen LogP contribution in [-0.2, 0) is 6.42 Å². The largest absolute Gasteiger partial charge is 0.431 e. The van der Waals surface area contributed by atoms with Crippen molar-refractivity contribution in [2.75, 3.05) is 0 Å². The molecule has 1 heterocycles. The van der Waals surface area contributed by atoms with E-state index in [9.17, 15) is 9.90 Å². The summed E-state index contributed by atoms with van der Waals surface area (Å²) < 4.78 is 4.76. The molecule has 1 unspecified atom stereocenters. The van der Waals surface area contributed by atoms with Crippen molar-refractivity contribution in [3.8, 4) is 0 Å². The normalized spacial score (nSPS) is 21.0. The van der Waals surface area contributed by atoms with E-state index in [0.29, 0.717) is 12.0 Å². The quantitative estimate of drug-likeness (QED) is 0.623. The van der Waals surface area contributed by atoms with Crippen LogP contribution in [0.25, 0.3) is 0 Å². The Labute approximate surface area is 69.6 Å². The highest BCUT2D eigenvalue weighted by atomic mass is 16.4. The number of aliphatic hydroxyl groups is 1. The van der Waals surface area contributed by atoms with Crippen LogP contribution < -0.4 is 5.63 Å². The van der Waals surface area contributed by atoms with E-state index in [0.717, 1.165) is 17.5 Å². The third-order valence-electron chi connectivity index (χ3n) is 2.43. The minimum Gasteiger partial charge on any atom is -0.431 e. The first-order valence-electron chi connectivity index (χ1n) is 3.99. The number of aliphatic hydroxyl groups excluding tert-OH is 1. The Morgan fingerprint density at radius 3 is 3.17 bits per heavy atom. The Morgan fingerprint density at radius 1 is 1.67 bits per heavy atom. The molecule has 1 aliphatic rings. The molecule has 0 radical (unpaired) electrons. The Kier molecular flexibility index (Phi) is 1.54. The van der Waals surface area contributed by atoms with E-state index in [-0.39, 0.29) is 5.63 Å². The van der Waals surface area contributed by atoms with Gasteiger partial charge in [0.05, 0.1) is 6.10 Å². The van der Waals surface area contributed by atoms with Gasteiger partial charge in [-0.1, -0.05) is 0 Å². The van der Waals surface area contributed by atoms with Gasteiger partial charge >= 0.3 is 5.63 Å². The van der Waals surface area contributed by atoms with Gasteiger partial charge in [0.25, 0.3) is 0 Å². The van der Waals surface area contributed by atoms with Crippen LogP contribution in [0.15, 0.2) is 15.5 Å². The molecule has 1 N–H and O–H groups in total. The fraction of sp³-hybridized carbons (Fsp3) is 0.444. The zero-order valence-corrected chi connectivity index (χ0v) is 6.83. The molecule has 0 saturated carbocycles. The lowest BCUT2D eigenvalue weighted by atomic mass is 10.1. The molecule has 0 fully saturated rings. The lowest BCUT2D eigenvalue weighted by Crippen LogP contribution is -2.06. The fourth-order valence-electron chi connectivity index (χ4n) is 1.66. The molecule has 1 aromatic rings. The van der Waals surface area contributed by atoms with Gasteiger partial charge in [0.15, 0.2) is 0 Å². The SMILES string of the molecule is Cc1c2c(coc1=O)C(O)CC2. The van der Waals surface area contributed by atoms with Crippen molar-refractivity contribution in [1.82, 2.24) is 0 Å². The molecule has 0 spiro atoms. The van der Waals surface area contributed by atoms with Gasteiger partial charge in [-0.2, -0.15) is 0 Å². The minimum atomic E-state index is -0.442. The zero-order valence-electron chi connectivity index (χ0n) is 6.83. The highest BCUT2D eigenvalue weighted by Gasteiger charge is 2.23. The molecule has 3 nitrogen and oxygen atoms in total. The molecule has 3 heteroatoms. The lowest BCUT2D eigenvalue weighted by Gasteiger charge is -2.02. The van der Waals surface area contributed by atoms with Crippen molar-refractivity contribution in [3.05, 3.63) is 33.4 Å². The van der Waals surface area contributed by atoms with Crippen LogP contribution in [0.5, 0.6) is 0 Å². The first-order valence-corrected chi connectivity index (χ1v) is 3.99. The van der Waals surface area contributed by atoms with Crippen molar-refractivity contribution in [2.24, 2.45) is 0 Å². The van der Waals surface area contributed by atoms with Crippen LogP contribution in [0.1, 0.15) is 29.2 Å². The number of hydrogen-bond donors (Lipinski definition) is 1. The van der Waals surface area contributed by atoms with Gasteiger partial charge in [0, 0.05) is 11.1 Å². The summed E-state index contributed by atoms with van der Waals surface area (Å²) in [5, 5.41) is 9.43. The Bertz CT molecular complexity index is 365. The summed E-state index contributed by atoms with van der Waals surface area (Å²) in [5.41, 5.74) is 2.11. The minimum absolute atomic E-state index is 0.289. The third kappa shape index (κ3) is 0.898. The summed E-state index contributed by atoms with van der Waals surface area (Å²) in [5.74, 6) is 0. The van der Waals surface area contributed by atoms with Crippen LogP contribution in [0.2, 0.25) is 0 Å². The highest BCUT2D eigenvalue weighted by Crippen LogP contribution is 2.31. The molecular weight excluding hydrogens is 156 g/mol. The zero-order chi connectivity index (χ0) is 8.72. The number of rotatable bonds is 0. The summed E-state index contributed by atoms with van der Waals surface area (Å²) in [4.78, 5) is 11.0. The molecular formula is C9H10O3. The predicted molar refractivity (Wildman–Crippen MR) is 43.0 cm³/mol. The maximum absolute atomic E-state index is 11.0. The number of fused-ring (bicyclic) bond motifs is 1. The molecule has 2 rings (SSSR count). The topological polar surface area (TPSA) is 50.4 Å². The van der Waals surface area contributed by atoms with Gasteiger partial charge in [0.1, 0.15) is 6.26 Å². The standard InChI is InChI=1S/C9H10O3/c1-5-6-2-3-8(10)7(6)4-12-9(5)11/h4,8,10H,2-3H2,1H3. The van der Waals surface area contributed by atoms with E-state index in [1.807, 2.05) is 0 Å². The maximum atomic E-state index is 11.0. The molecule has 0 amide bonds. The fourth-order valence-corrected chi connectivity index (χ4v) is 1.66. The first-order chi connectivity index (χ1) is 5.70. The predicted octanol–water partition coefficient (Wildman–Crippen LogP) is 0.928. The summed E-state index contributed by atoms with van der Waals surface area (Å²) in [6.45, 7) is 1.74. The summed E-state index contributed by atoms with van der Waals surface area (Å²) in [6, 6.07) is 0. The summed E-state index contributed by atoms with van der Waals surface area (Å²) in [7, 11) is 0. The van der Waals surface area contributed by atoms with Crippen LogP contribution in [0, 0.1) is 6.92 Å². The molecule has 12 heavy (non-hydrogen) atoms. The van der Waals surface area contributed by atoms with Gasteiger partial charge in [0.2, 0.25) is 0 Å². The first kappa shape index (κ1) is 7.55. The van der Waals surface area contributed by atoms with E-state index in [1.54, 1.807) is 6.92 Å². The number of hydrogen-bond acceptors (Lipinski definition) is 3. The van der Waals surface area contributed by atoms with Gasteiger partial charge < -0.3 is 9.52 Å². The van der Waals surface area contributed by atoms with Gasteiger partial charge in [-0.15, -0.1) is 0 Å². The second kappa shape index (κ2) is 2.45. The van der Waals surface area contributed by atoms with Crippen molar-refractivity contribution >= 4 is 0 Å². The molecule has 64 valence electrons. The van der Waals surface area contributed by atoms with Gasteiger partial charge in [-0.3, -0.25) is 0 Å². The Hall–Kier alpha value is -1.09. The summed E-state index contributed by atoms with van der Waals surface area (Å²) >= 11 is 0. The Balaban J connectivity index is 2.68. The molecule has 1 aliphatic carbocycles. The second-order valence-corrected chi connectivity index (χ2v) is 3.14. The monoisotopic (exact) mass is 166 g/mol. The molecule has 0 aliphatic heterocycles. The summed E-state index contributed by atoms with van der Waals surface area (Å²) in [6.07, 6.45) is 2.42. The van der Waals surface area contributed by atoms with Crippen LogP contribution in [-0.4, -0.2) is 5.11 Å². The van der Waals surface area contributed by atoms with Crippen molar-refractivity contribution in [3.63, 3.8) is 0 Å². The van der Waals surface area contributed by atoms with E-state index < -0.39 is 6.10 Å². The van der Waals surface area contributed by atoms with Crippen molar-refractivity contribution < 1.29 is 9.52 Å². The van der Waals surface area contributed by atoms with Crippen LogP contribution in [0.3, 0.4) is 0 Å². The van der Waals surface area contributed by atoms with Gasteiger partial charge in [-0.05, 0) is 25.3 Å². The lowest BCUT2D eigenvalue weighted by molar-refractivity contribution is 0.177. The maximum Gasteiger partial charge on any atom is 0.338 e. The molecule has 1 aromatic heterocycles. The Morgan fingerprint density at radius 2 is 2.42 bits per heavy atom. The molecule has 0 aromatic carbocycles. The van der Waals surface area contributed by atoms with E-state index in [4.69, 9.17) is 4.42 Å². The van der Waals surface area contributed by atoms with E-state index in [1.165, 1.54) is 6.26 Å². The van der Waals surface area contributed by atoms with Crippen LogP contribution >= 0.6 is 0 Å². The van der Waals surface area contributed by atoms with Gasteiger partial charge in [-0.25, -0.2) is 4.79 Å². The average molecular weight is 166 g/mol.